The van der Waals surface area contributed by atoms with E-state index in [0.29, 0.717) is 30.9 Å². The van der Waals surface area contributed by atoms with E-state index in [1.54, 1.807) is 18.7 Å². The maximum Gasteiger partial charge on any atom is 0.254 e. The fraction of sp³-hybridized carbons (Fsp3) is 0.310. The third kappa shape index (κ3) is 6.00. The van der Waals surface area contributed by atoms with Crippen molar-refractivity contribution in [3.63, 3.8) is 0 Å². The molecule has 0 bridgehead atoms. The van der Waals surface area contributed by atoms with Crippen molar-refractivity contribution in [1.29, 1.82) is 0 Å². The molecule has 1 aliphatic rings. The molecule has 7 nitrogen and oxygen atoms in total. The first-order valence-corrected chi connectivity index (χ1v) is 13.1. The zero-order chi connectivity index (χ0) is 25.6. The van der Waals surface area contributed by atoms with E-state index in [2.05, 4.69) is 62.4 Å². The Morgan fingerprint density at radius 3 is 2.73 bits per heavy atom. The molecule has 1 unspecified atom stereocenters. The number of aromatic nitrogens is 4. The zero-order valence-corrected chi connectivity index (χ0v) is 21.7. The number of imidazole rings is 1. The molecule has 8 heteroatoms. The number of hydrogen-bond donors (Lipinski definition) is 2. The van der Waals surface area contributed by atoms with Gasteiger partial charge in [-0.25, -0.2) is 15.0 Å². The number of nitrogens with one attached hydrogen (secondary N) is 2. The van der Waals surface area contributed by atoms with Gasteiger partial charge in [0.25, 0.3) is 5.91 Å². The molecule has 1 amide bonds. The van der Waals surface area contributed by atoms with Gasteiger partial charge in [-0.3, -0.25) is 4.79 Å². The number of rotatable bonds is 9. The summed E-state index contributed by atoms with van der Waals surface area (Å²) < 4.78 is 0. The highest BCUT2D eigenvalue weighted by Crippen LogP contribution is 2.35. The van der Waals surface area contributed by atoms with E-state index in [0.717, 1.165) is 42.2 Å². The summed E-state index contributed by atoms with van der Waals surface area (Å²) in [7, 11) is 0. The Labute approximate surface area is 222 Å². The molecule has 190 valence electrons. The number of amides is 1. The van der Waals surface area contributed by atoms with Crippen LogP contribution in [0.2, 0.25) is 5.02 Å². The van der Waals surface area contributed by atoms with Gasteiger partial charge in [0.05, 0.1) is 23.6 Å². The fourth-order valence-corrected chi connectivity index (χ4v) is 5.06. The average Bonchev–Trinajstić information content (AvgIpc) is 3.61. The number of hydrogen-bond acceptors (Lipinski definition) is 5. The summed E-state index contributed by atoms with van der Waals surface area (Å²) in [6, 6.07) is 16.6. The molecular formula is C29H31ClN6O. The molecular weight excluding hydrogens is 484 g/mol. The summed E-state index contributed by atoms with van der Waals surface area (Å²) in [5.41, 5.74) is 5.98. The van der Waals surface area contributed by atoms with Gasteiger partial charge in [0, 0.05) is 42.6 Å². The van der Waals surface area contributed by atoms with Crippen LogP contribution in [0.1, 0.15) is 57.3 Å². The number of nitrogens with zero attached hydrogens (tertiary/aromatic N) is 4. The smallest absolute Gasteiger partial charge is 0.254 e. The quantitative estimate of drug-likeness (QED) is 0.318. The number of carbonyl (C=O) groups excluding carboxylic acids is 1. The Kier molecular flexibility index (Phi) is 7.80. The van der Waals surface area contributed by atoms with Gasteiger partial charge in [0.15, 0.2) is 0 Å². The molecule has 0 radical (unpaired) electrons. The Morgan fingerprint density at radius 1 is 1.11 bits per heavy atom. The first-order valence-electron chi connectivity index (χ1n) is 12.8. The molecule has 4 aromatic rings. The van der Waals surface area contributed by atoms with E-state index in [-0.39, 0.29) is 11.9 Å². The van der Waals surface area contributed by atoms with E-state index in [9.17, 15) is 4.79 Å². The molecule has 2 N–H and O–H groups in total. The standard InChI is InChI=1S/C29H31ClN6O/c1-20-5-2-3-6-21(20)10-13-26-25(28(37)32-15-14-24-17-31-19-34-24)18-33-29(35-26)36-16-4-7-27(36)22-8-11-23(30)12-9-22/h2-3,5-6,8-9,11-12,17-19,27H,4,7,10,13-16H2,1H3,(H,31,34)(H,32,37). The summed E-state index contributed by atoms with van der Waals surface area (Å²) in [5.74, 6) is 0.521. The van der Waals surface area contributed by atoms with Crippen LogP contribution in [0, 0.1) is 6.92 Å². The minimum Gasteiger partial charge on any atom is -0.352 e. The Morgan fingerprint density at radius 2 is 1.95 bits per heavy atom. The molecule has 5 rings (SSSR count). The molecule has 0 spiro atoms. The van der Waals surface area contributed by atoms with Gasteiger partial charge in [-0.2, -0.15) is 0 Å². The van der Waals surface area contributed by atoms with Gasteiger partial charge in [0.2, 0.25) is 5.95 Å². The van der Waals surface area contributed by atoms with Gasteiger partial charge in [-0.1, -0.05) is 48.0 Å². The Balaban J connectivity index is 1.39. The third-order valence-electron chi connectivity index (χ3n) is 6.99. The minimum absolute atomic E-state index is 0.151. The fourth-order valence-electron chi connectivity index (χ4n) is 4.93. The van der Waals surface area contributed by atoms with Gasteiger partial charge in [-0.05, 0) is 61.4 Å². The van der Waals surface area contributed by atoms with Crippen LogP contribution in [-0.4, -0.2) is 38.9 Å². The number of aryl methyl sites for hydroxylation is 3. The molecule has 0 aliphatic carbocycles. The molecule has 1 atom stereocenters. The average molecular weight is 515 g/mol. The summed E-state index contributed by atoms with van der Waals surface area (Å²) >= 11 is 6.12. The third-order valence-corrected chi connectivity index (χ3v) is 7.24. The number of aromatic amines is 1. The predicted octanol–water partition coefficient (Wildman–Crippen LogP) is 5.26. The molecule has 1 saturated heterocycles. The van der Waals surface area contributed by atoms with Crippen LogP contribution in [0.4, 0.5) is 5.95 Å². The molecule has 2 aromatic heterocycles. The van der Waals surface area contributed by atoms with Gasteiger partial charge < -0.3 is 15.2 Å². The Bertz CT molecular complexity index is 1340. The highest BCUT2D eigenvalue weighted by atomic mass is 35.5. The second-order valence-electron chi connectivity index (χ2n) is 9.44. The molecule has 0 saturated carbocycles. The first-order chi connectivity index (χ1) is 18.1. The van der Waals surface area contributed by atoms with E-state index >= 15 is 0 Å². The SMILES string of the molecule is Cc1ccccc1CCc1nc(N2CCCC2c2ccc(Cl)cc2)ncc1C(=O)NCCc1cnc[nH]1. The van der Waals surface area contributed by atoms with Crippen LogP contribution in [0.3, 0.4) is 0 Å². The van der Waals surface area contributed by atoms with Crippen molar-refractivity contribution in [3.05, 3.63) is 106 Å². The van der Waals surface area contributed by atoms with Crippen molar-refractivity contribution < 1.29 is 4.79 Å². The summed E-state index contributed by atoms with van der Waals surface area (Å²) in [4.78, 5) is 32.2. The van der Waals surface area contributed by atoms with Crippen LogP contribution in [0.25, 0.3) is 0 Å². The monoisotopic (exact) mass is 514 g/mol. The molecule has 1 aliphatic heterocycles. The topological polar surface area (TPSA) is 86.8 Å². The van der Waals surface area contributed by atoms with Crippen molar-refractivity contribution >= 4 is 23.5 Å². The van der Waals surface area contributed by atoms with Crippen molar-refractivity contribution in [2.75, 3.05) is 18.0 Å². The van der Waals surface area contributed by atoms with Crippen molar-refractivity contribution in [3.8, 4) is 0 Å². The minimum atomic E-state index is -0.151. The van der Waals surface area contributed by atoms with Gasteiger partial charge >= 0.3 is 0 Å². The lowest BCUT2D eigenvalue weighted by Gasteiger charge is -2.26. The second-order valence-corrected chi connectivity index (χ2v) is 9.88. The Hall–Kier alpha value is -3.71. The van der Waals surface area contributed by atoms with E-state index in [1.807, 2.05) is 18.2 Å². The van der Waals surface area contributed by atoms with E-state index < -0.39 is 0 Å². The number of carbonyl (C=O) groups is 1. The van der Waals surface area contributed by atoms with Crippen LogP contribution < -0.4 is 10.2 Å². The van der Waals surface area contributed by atoms with Gasteiger partial charge in [-0.15, -0.1) is 0 Å². The second kappa shape index (κ2) is 11.6. The lowest BCUT2D eigenvalue weighted by Crippen LogP contribution is -2.29. The maximum atomic E-state index is 13.2. The van der Waals surface area contributed by atoms with E-state index in [1.165, 1.54) is 16.7 Å². The summed E-state index contributed by atoms with van der Waals surface area (Å²) in [6.45, 7) is 3.50. The lowest BCUT2D eigenvalue weighted by molar-refractivity contribution is 0.0952. The number of halogens is 1. The molecule has 2 aromatic carbocycles. The van der Waals surface area contributed by atoms with Crippen LogP contribution in [-0.2, 0) is 19.3 Å². The van der Waals surface area contributed by atoms with E-state index in [4.69, 9.17) is 16.6 Å². The van der Waals surface area contributed by atoms with Crippen molar-refractivity contribution in [2.24, 2.45) is 0 Å². The summed E-state index contributed by atoms with van der Waals surface area (Å²) in [5, 5.41) is 3.75. The first kappa shape index (κ1) is 25.0. The van der Waals surface area contributed by atoms with Crippen LogP contribution >= 0.6 is 11.6 Å². The summed E-state index contributed by atoms with van der Waals surface area (Å²) in [6.07, 6.45) is 9.33. The van der Waals surface area contributed by atoms with Crippen LogP contribution in [0.5, 0.6) is 0 Å². The molecule has 3 heterocycles. The van der Waals surface area contributed by atoms with Crippen molar-refractivity contribution in [1.82, 2.24) is 25.3 Å². The van der Waals surface area contributed by atoms with Crippen molar-refractivity contribution in [2.45, 2.75) is 45.1 Å². The molecule has 37 heavy (non-hydrogen) atoms. The number of H-pyrrole nitrogens is 1. The largest absolute Gasteiger partial charge is 0.352 e. The predicted molar refractivity (Wildman–Crippen MR) is 146 cm³/mol. The number of anilines is 1. The normalized spacial score (nSPS) is 15.2. The van der Waals surface area contributed by atoms with Gasteiger partial charge in [0.1, 0.15) is 0 Å². The highest BCUT2D eigenvalue weighted by molar-refractivity contribution is 6.30. The zero-order valence-electron chi connectivity index (χ0n) is 21.0. The maximum absolute atomic E-state index is 13.2. The highest BCUT2D eigenvalue weighted by Gasteiger charge is 2.29. The lowest BCUT2D eigenvalue weighted by atomic mass is 10.0. The van der Waals surface area contributed by atoms with Crippen LogP contribution in [0.15, 0.2) is 67.3 Å². The molecule has 1 fully saturated rings. The number of benzene rings is 2.